The van der Waals surface area contributed by atoms with Gasteiger partial charge >= 0.3 is 0 Å². The van der Waals surface area contributed by atoms with Crippen molar-refractivity contribution < 1.29 is 5.11 Å². The molecule has 1 unspecified atom stereocenters. The van der Waals surface area contributed by atoms with E-state index in [0.717, 1.165) is 12.3 Å². The molecule has 0 bridgehead atoms. The van der Waals surface area contributed by atoms with Gasteiger partial charge < -0.3 is 5.11 Å². The van der Waals surface area contributed by atoms with Gasteiger partial charge in [0, 0.05) is 0 Å². The van der Waals surface area contributed by atoms with Crippen LogP contribution in [0.5, 0.6) is 0 Å². The molecule has 0 aromatic rings. The van der Waals surface area contributed by atoms with E-state index in [1.807, 2.05) is 0 Å². The summed E-state index contributed by atoms with van der Waals surface area (Å²) in [6, 6.07) is 0. The second-order valence-electron chi connectivity index (χ2n) is 4.53. The van der Waals surface area contributed by atoms with Crippen molar-refractivity contribution in [3.05, 3.63) is 0 Å². The lowest BCUT2D eigenvalue weighted by Crippen LogP contribution is -2.32. The fourth-order valence-corrected chi connectivity index (χ4v) is 2.34. The first kappa shape index (κ1) is 10.0. The standard InChI is InChI=1S/C11H22O/c1-4-9(3)10-6-5-8(2)7-11(10)12/h8-12H,4-7H2,1-3H3/t8-,9?,10+,11-/m1/s1. The second-order valence-corrected chi connectivity index (χ2v) is 4.53. The van der Waals surface area contributed by atoms with E-state index in [-0.39, 0.29) is 6.10 Å². The smallest absolute Gasteiger partial charge is 0.0573 e. The van der Waals surface area contributed by atoms with E-state index in [9.17, 15) is 5.11 Å². The molecule has 72 valence electrons. The van der Waals surface area contributed by atoms with Crippen LogP contribution in [0.15, 0.2) is 0 Å². The van der Waals surface area contributed by atoms with Crippen LogP contribution in [-0.4, -0.2) is 11.2 Å². The van der Waals surface area contributed by atoms with Gasteiger partial charge in [-0.3, -0.25) is 0 Å². The van der Waals surface area contributed by atoms with E-state index in [1.54, 1.807) is 0 Å². The van der Waals surface area contributed by atoms with E-state index in [4.69, 9.17) is 0 Å². The maximum Gasteiger partial charge on any atom is 0.0573 e. The van der Waals surface area contributed by atoms with Gasteiger partial charge in [0.15, 0.2) is 0 Å². The predicted molar refractivity (Wildman–Crippen MR) is 52.0 cm³/mol. The van der Waals surface area contributed by atoms with Gasteiger partial charge in [0.25, 0.3) is 0 Å². The predicted octanol–water partition coefficient (Wildman–Crippen LogP) is 2.83. The van der Waals surface area contributed by atoms with Crippen molar-refractivity contribution in [3.8, 4) is 0 Å². The lowest BCUT2D eigenvalue weighted by Gasteiger charge is -2.35. The van der Waals surface area contributed by atoms with Crippen molar-refractivity contribution in [1.29, 1.82) is 0 Å². The molecular formula is C11H22O. The minimum atomic E-state index is -0.0244. The molecule has 12 heavy (non-hydrogen) atoms. The number of rotatable bonds is 2. The quantitative estimate of drug-likeness (QED) is 0.675. The van der Waals surface area contributed by atoms with Crippen LogP contribution in [-0.2, 0) is 0 Å². The summed E-state index contributed by atoms with van der Waals surface area (Å²) in [6.07, 6.45) is 4.75. The van der Waals surface area contributed by atoms with Crippen molar-refractivity contribution in [1.82, 2.24) is 0 Å². The Hall–Kier alpha value is -0.0400. The molecular weight excluding hydrogens is 148 g/mol. The fraction of sp³-hybridized carbons (Fsp3) is 1.00. The van der Waals surface area contributed by atoms with Crippen molar-refractivity contribution in [2.75, 3.05) is 0 Å². The van der Waals surface area contributed by atoms with Crippen LogP contribution in [0.3, 0.4) is 0 Å². The third kappa shape index (κ3) is 2.22. The summed E-state index contributed by atoms with van der Waals surface area (Å²) >= 11 is 0. The molecule has 1 aliphatic carbocycles. The Labute approximate surface area is 76.2 Å². The third-order valence-corrected chi connectivity index (χ3v) is 3.51. The van der Waals surface area contributed by atoms with Gasteiger partial charge in [0.05, 0.1) is 6.10 Å². The molecule has 1 nitrogen and oxygen atoms in total. The van der Waals surface area contributed by atoms with Crippen LogP contribution in [0.4, 0.5) is 0 Å². The highest BCUT2D eigenvalue weighted by Gasteiger charge is 2.29. The monoisotopic (exact) mass is 170 g/mol. The fourth-order valence-electron chi connectivity index (χ4n) is 2.34. The van der Waals surface area contributed by atoms with Gasteiger partial charge in [-0.2, -0.15) is 0 Å². The Morgan fingerprint density at radius 1 is 1.42 bits per heavy atom. The zero-order valence-corrected chi connectivity index (χ0v) is 8.59. The Kier molecular flexibility index (Phi) is 3.57. The van der Waals surface area contributed by atoms with Crippen LogP contribution in [0.2, 0.25) is 0 Å². The summed E-state index contributed by atoms with van der Waals surface area (Å²) in [5.41, 5.74) is 0. The lowest BCUT2D eigenvalue weighted by molar-refractivity contribution is 0.0217. The molecule has 1 aliphatic rings. The van der Waals surface area contributed by atoms with Crippen molar-refractivity contribution in [3.63, 3.8) is 0 Å². The number of hydrogen-bond donors (Lipinski definition) is 1. The summed E-state index contributed by atoms with van der Waals surface area (Å²) in [5.74, 6) is 2.01. The Morgan fingerprint density at radius 2 is 2.08 bits per heavy atom. The number of aliphatic hydroxyl groups is 1. The Morgan fingerprint density at radius 3 is 2.58 bits per heavy atom. The first-order valence-electron chi connectivity index (χ1n) is 5.33. The van der Waals surface area contributed by atoms with Gasteiger partial charge in [-0.25, -0.2) is 0 Å². The van der Waals surface area contributed by atoms with Gasteiger partial charge in [-0.15, -0.1) is 0 Å². The average Bonchev–Trinajstić information content (AvgIpc) is 2.03. The van der Waals surface area contributed by atoms with E-state index >= 15 is 0 Å². The largest absolute Gasteiger partial charge is 0.393 e. The summed E-state index contributed by atoms with van der Waals surface area (Å²) in [5, 5.41) is 9.84. The Balaban J connectivity index is 2.44. The normalized spacial score (nSPS) is 39.5. The molecule has 4 atom stereocenters. The molecule has 0 heterocycles. The van der Waals surface area contributed by atoms with E-state index in [0.29, 0.717) is 11.8 Å². The zero-order chi connectivity index (χ0) is 9.14. The SMILES string of the molecule is CCC(C)[C@@H]1CC[C@@H](C)C[C@H]1O. The molecule has 1 saturated carbocycles. The highest BCUT2D eigenvalue weighted by molar-refractivity contribution is 4.80. The van der Waals surface area contributed by atoms with Gasteiger partial charge in [0.1, 0.15) is 0 Å². The number of hydrogen-bond acceptors (Lipinski definition) is 1. The molecule has 0 aromatic carbocycles. The molecule has 0 aliphatic heterocycles. The first-order chi connectivity index (χ1) is 5.65. The summed E-state index contributed by atoms with van der Waals surface area (Å²) in [4.78, 5) is 0. The molecule has 0 spiro atoms. The summed E-state index contributed by atoms with van der Waals surface area (Å²) in [6.45, 7) is 6.73. The van der Waals surface area contributed by atoms with E-state index in [1.165, 1.54) is 19.3 Å². The van der Waals surface area contributed by atoms with Crippen molar-refractivity contribution in [2.45, 2.75) is 52.6 Å². The van der Waals surface area contributed by atoms with Crippen LogP contribution in [0.1, 0.15) is 46.5 Å². The summed E-state index contributed by atoms with van der Waals surface area (Å²) < 4.78 is 0. The molecule has 0 aromatic heterocycles. The maximum absolute atomic E-state index is 9.84. The molecule has 0 amide bonds. The molecule has 1 heteroatoms. The minimum Gasteiger partial charge on any atom is -0.393 e. The van der Waals surface area contributed by atoms with Crippen LogP contribution >= 0.6 is 0 Å². The highest BCUT2D eigenvalue weighted by atomic mass is 16.3. The van der Waals surface area contributed by atoms with Gasteiger partial charge in [-0.05, 0) is 30.6 Å². The van der Waals surface area contributed by atoms with Crippen molar-refractivity contribution in [2.24, 2.45) is 17.8 Å². The lowest BCUT2D eigenvalue weighted by atomic mass is 9.74. The summed E-state index contributed by atoms with van der Waals surface area (Å²) in [7, 11) is 0. The highest BCUT2D eigenvalue weighted by Crippen LogP contribution is 2.34. The molecule has 0 radical (unpaired) electrons. The minimum absolute atomic E-state index is 0.0244. The van der Waals surface area contributed by atoms with Gasteiger partial charge in [-0.1, -0.05) is 33.6 Å². The van der Waals surface area contributed by atoms with Crippen molar-refractivity contribution >= 4 is 0 Å². The van der Waals surface area contributed by atoms with Crippen LogP contribution in [0.25, 0.3) is 0 Å². The van der Waals surface area contributed by atoms with E-state index in [2.05, 4.69) is 20.8 Å². The topological polar surface area (TPSA) is 20.2 Å². The second kappa shape index (κ2) is 4.27. The Bertz CT molecular complexity index is 133. The van der Waals surface area contributed by atoms with E-state index < -0.39 is 0 Å². The van der Waals surface area contributed by atoms with Crippen LogP contribution in [0, 0.1) is 17.8 Å². The average molecular weight is 170 g/mol. The molecule has 1 fully saturated rings. The first-order valence-corrected chi connectivity index (χ1v) is 5.33. The molecule has 0 saturated heterocycles. The number of aliphatic hydroxyl groups excluding tert-OH is 1. The van der Waals surface area contributed by atoms with Crippen LogP contribution < -0.4 is 0 Å². The van der Waals surface area contributed by atoms with Gasteiger partial charge in [0.2, 0.25) is 0 Å². The maximum atomic E-state index is 9.84. The molecule has 1 rings (SSSR count). The zero-order valence-electron chi connectivity index (χ0n) is 8.59. The third-order valence-electron chi connectivity index (χ3n) is 3.51. The molecule has 1 N–H and O–H groups in total.